The number of methoxy groups -OCH3 is 1. The molecule has 10 nitrogen and oxygen atoms in total. The predicted molar refractivity (Wildman–Crippen MR) is 175 cm³/mol. The summed E-state index contributed by atoms with van der Waals surface area (Å²) in [5, 5.41) is 13.2. The van der Waals surface area contributed by atoms with E-state index in [1.165, 1.54) is 24.3 Å². The molecule has 5 amide bonds. The lowest BCUT2D eigenvalue weighted by Gasteiger charge is -2.50. The van der Waals surface area contributed by atoms with Gasteiger partial charge in [-0.25, -0.2) is 9.18 Å². The van der Waals surface area contributed by atoms with E-state index in [0.717, 1.165) is 12.1 Å². The van der Waals surface area contributed by atoms with Gasteiger partial charge in [-0.15, -0.1) is 6.58 Å². The molecule has 7 rings (SSSR count). The number of para-hydroxylation sites is 1. The highest BCUT2D eigenvalue weighted by molar-refractivity contribution is 6.30. The van der Waals surface area contributed by atoms with Crippen molar-refractivity contribution in [2.24, 2.45) is 23.7 Å². The summed E-state index contributed by atoms with van der Waals surface area (Å²) in [5.74, 6) is -8.05. The van der Waals surface area contributed by atoms with Crippen LogP contribution in [0.3, 0.4) is 0 Å². The number of nitrogens with zero attached hydrogens (tertiary/aromatic N) is 2. The molecule has 3 aromatic carbocycles. The van der Waals surface area contributed by atoms with Gasteiger partial charge >= 0.3 is 6.09 Å². The molecule has 4 aliphatic rings. The van der Waals surface area contributed by atoms with Crippen molar-refractivity contribution in [3.05, 3.63) is 119 Å². The molecule has 0 aromatic heterocycles. The number of rotatable bonds is 6. The Balaban J connectivity index is 1.48. The molecule has 0 radical (unpaired) electrons. The Kier molecular flexibility index (Phi) is 7.90. The first-order valence-electron chi connectivity index (χ1n) is 15.8. The minimum atomic E-state index is -1.66. The number of fused-ring (bicyclic) bond motifs is 4. The summed E-state index contributed by atoms with van der Waals surface area (Å²) in [6.07, 6.45) is 2.71. The number of phenols is 1. The van der Waals surface area contributed by atoms with E-state index >= 15 is 4.79 Å². The Morgan fingerprint density at radius 2 is 1.76 bits per heavy atom. The van der Waals surface area contributed by atoms with Crippen molar-refractivity contribution in [1.82, 2.24) is 9.91 Å². The number of hydrogen-bond acceptors (Lipinski definition) is 8. The van der Waals surface area contributed by atoms with E-state index in [2.05, 4.69) is 12.0 Å². The van der Waals surface area contributed by atoms with Gasteiger partial charge in [0.25, 0.3) is 11.8 Å². The van der Waals surface area contributed by atoms with Crippen molar-refractivity contribution < 1.29 is 38.2 Å². The lowest BCUT2D eigenvalue weighted by atomic mass is 9.49. The third-order valence-electron chi connectivity index (χ3n) is 10.4. The minimum Gasteiger partial charge on any atom is -0.507 e. The van der Waals surface area contributed by atoms with Crippen LogP contribution in [0.15, 0.2) is 91.0 Å². The van der Waals surface area contributed by atoms with Crippen molar-refractivity contribution in [2.75, 3.05) is 12.5 Å². The molecule has 250 valence electrons. The van der Waals surface area contributed by atoms with Gasteiger partial charge in [0.05, 0.1) is 36.0 Å². The molecule has 2 aliphatic heterocycles. The number of likely N-dealkylation sites (tertiary alicyclic amines) is 1. The topological polar surface area (TPSA) is 133 Å². The normalized spacial score (nSPS) is 27.3. The number of carbonyl (C=O) groups excluding carboxylic acids is 5. The van der Waals surface area contributed by atoms with Gasteiger partial charge in [-0.1, -0.05) is 59.7 Å². The van der Waals surface area contributed by atoms with Crippen LogP contribution in [-0.4, -0.2) is 51.8 Å². The standard InChI is InChI=1S/C37H31ClFN3O7/c1-3-5-19-6-4-7-26(31(19)43)30-24-16-17-25-29(34(46)41(32(25)44)36(48)49-2)27(24)18-28-33(45)42(40-23-14-12-22(39)13-15-23)35(47)37(28,30)20-8-10-21(38)11-9-20/h3-4,6-16,25,27-30,40,43H,1,5,17-18H2,2H3. The Morgan fingerprint density at radius 1 is 1.04 bits per heavy atom. The summed E-state index contributed by atoms with van der Waals surface area (Å²) in [6, 6.07) is 16.9. The van der Waals surface area contributed by atoms with Crippen molar-refractivity contribution in [1.29, 1.82) is 0 Å². The third kappa shape index (κ3) is 4.70. The van der Waals surface area contributed by atoms with Gasteiger partial charge < -0.3 is 9.84 Å². The molecule has 3 fully saturated rings. The van der Waals surface area contributed by atoms with Crippen LogP contribution < -0.4 is 5.43 Å². The zero-order valence-electron chi connectivity index (χ0n) is 26.3. The van der Waals surface area contributed by atoms with Gasteiger partial charge in [0.1, 0.15) is 11.6 Å². The molecule has 0 bridgehead atoms. The van der Waals surface area contributed by atoms with Gasteiger partial charge in [0.2, 0.25) is 11.8 Å². The summed E-state index contributed by atoms with van der Waals surface area (Å²) in [4.78, 5) is 70.3. The molecule has 1 saturated carbocycles. The number of nitrogens with one attached hydrogen (secondary N) is 1. The molecule has 2 N–H and O–H groups in total. The third-order valence-corrected chi connectivity index (χ3v) is 10.7. The number of aromatic hydroxyl groups is 1. The highest BCUT2D eigenvalue weighted by Gasteiger charge is 2.71. The van der Waals surface area contributed by atoms with E-state index in [9.17, 15) is 28.7 Å². The van der Waals surface area contributed by atoms with Crippen LogP contribution in [-0.2, 0) is 35.8 Å². The van der Waals surface area contributed by atoms with E-state index in [-0.39, 0.29) is 24.3 Å². The fourth-order valence-electron chi connectivity index (χ4n) is 8.44. The summed E-state index contributed by atoms with van der Waals surface area (Å²) in [6.45, 7) is 3.80. The molecule has 2 aliphatic carbocycles. The summed E-state index contributed by atoms with van der Waals surface area (Å²) in [7, 11) is 1.08. The van der Waals surface area contributed by atoms with E-state index in [0.29, 0.717) is 38.6 Å². The lowest BCUT2D eigenvalue weighted by Crippen LogP contribution is -2.53. The average Bonchev–Trinajstić information content (AvgIpc) is 3.47. The maximum atomic E-state index is 15.2. The molecule has 3 aromatic rings. The Labute approximate surface area is 285 Å². The van der Waals surface area contributed by atoms with Crippen molar-refractivity contribution in [2.45, 2.75) is 30.6 Å². The second-order valence-corrected chi connectivity index (χ2v) is 13.1. The molecule has 0 spiro atoms. The van der Waals surface area contributed by atoms with Crippen LogP contribution in [0, 0.1) is 29.5 Å². The van der Waals surface area contributed by atoms with E-state index in [1.807, 2.05) is 6.08 Å². The molecule has 12 heteroatoms. The second kappa shape index (κ2) is 12.0. The van der Waals surface area contributed by atoms with Crippen LogP contribution >= 0.6 is 11.6 Å². The quantitative estimate of drug-likeness (QED) is 0.251. The highest BCUT2D eigenvalue weighted by Crippen LogP contribution is 2.65. The second-order valence-electron chi connectivity index (χ2n) is 12.7. The number of hydrogen-bond donors (Lipinski definition) is 2. The number of imide groups is 4. The van der Waals surface area contributed by atoms with Crippen molar-refractivity contribution >= 4 is 47.0 Å². The number of hydrazine groups is 1. The molecular formula is C37H31ClFN3O7. The van der Waals surface area contributed by atoms with Crippen molar-refractivity contribution in [3.63, 3.8) is 0 Å². The predicted octanol–water partition coefficient (Wildman–Crippen LogP) is 5.66. The highest BCUT2D eigenvalue weighted by atomic mass is 35.5. The summed E-state index contributed by atoms with van der Waals surface area (Å²) >= 11 is 6.31. The minimum absolute atomic E-state index is 0.0283. The summed E-state index contributed by atoms with van der Waals surface area (Å²) in [5.41, 5.74) is 3.42. The molecule has 49 heavy (non-hydrogen) atoms. The number of anilines is 1. The van der Waals surface area contributed by atoms with Crippen LogP contribution in [0.5, 0.6) is 5.75 Å². The molecule has 6 atom stereocenters. The first kappa shape index (κ1) is 32.3. The fourth-order valence-corrected chi connectivity index (χ4v) is 8.56. The maximum Gasteiger partial charge on any atom is 0.423 e. The van der Waals surface area contributed by atoms with E-state index in [4.69, 9.17) is 16.3 Å². The van der Waals surface area contributed by atoms with Crippen LogP contribution in [0.25, 0.3) is 0 Å². The number of amides is 5. The Morgan fingerprint density at radius 3 is 2.43 bits per heavy atom. The number of allylic oxidation sites excluding steroid dienone is 3. The Hall–Kier alpha value is -5.29. The molecule has 2 saturated heterocycles. The fraction of sp³-hybridized carbons (Fsp3) is 0.270. The van der Waals surface area contributed by atoms with E-state index < -0.39 is 70.5 Å². The molecule has 6 unspecified atom stereocenters. The number of carbonyl (C=O) groups is 5. The number of ether oxygens (including phenoxy) is 1. The SMILES string of the molecule is C=CCc1cccc(C2C3=CCC4C(=O)N(C(=O)OC)C(=O)C4C3CC3C(=O)N(Nc4ccc(F)cc4)C(=O)C32c2ccc(Cl)cc2)c1O. The van der Waals surface area contributed by atoms with Crippen LogP contribution in [0.4, 0.5) is 14.9 Å². The molecular weight excluding hydrogens is 653 g/mol. The maximum absolute atomic E-state index is 15.2. The number of phenolic OH excluding ortho intramolecular Hbond substituents is 1. The zero-order chi connectivity index (χ0) is 34.8. The van der Waals surface area contributed by atoms with Gasteiger partial charge in [-0.05, 0) is 72.7 Å². The zero-order valence-corrected chi connectivity index (χ0v) is 27.0. The monoisotopic (exact) mass is 683 g/mol. The smallest absolute Gasteiger partial charge is 0.423 e. The first-order valence-corrected chi connectivity index (χ1v) is 16.2. The first-order chi connectivity index (χ1) is 23.5. The van der Waals surface area contributed by atoms with Gasteiger partial charge in [0, 0.05) is 16.5 Å². The van der Waals surface area contributed by atoms with Crippen LogP contribution in [0.2, 0.25) is 5.02 Å². The molecule has 2 heterocycles. The van der Waals surface area contributed by atoms with Crippen molar-refractivity contribution in [3.8, 4) is 5.75 Å². The van der Waals surface area contributed by atoms with Gasteiger partial charge in [-0.3, -0.25) is 24.6 Å². The average molecular weight is 684 g/mol. The van der Waals surface area contributed by atoms with Gasteiger partial charge in [0.15, 0.2) is 0 Å². The van der Waals surface area contributed by atoms with Gasteiger partial charge in [-0.2, -0.15) is 9.91 Å². The summed E-state index contributed by atoms with van der Waals surface area (Å²) < 4.78 is 18.6. The number of benzene rings is 3. The largest absolute Gasteiger partial charge is 0.507 e. The number of halogens is 2. The Bertz CT molecular complexity index is 1960. The lowest BCUT2D eigenvalue weighted by molar-refractivity contribution is -0.140. The van der Waals surface area contributed by atoms with Crippen LogP contribution in [0.1, 0.15) is 35.4 Å². The van der Waals surface area contributed by atoms with E-state index in [1.54, 1.807) is 48.5 Å².